The van der Waals surface area contributed by atoms with E-state index in [1.54, 1.807) is 23.5 Å². The lowest BCUT2D eigenvalue weighted by Gasteiger charge is -2.43. The third-order valence-electron chi connectivity index (χ3n) is 6.28. The highest BCUT2D eigenvalue weighted by atomic mass is 32.2. The summed E-state index contributed by atoms with van der Waals surface area (Å²) >= 11 is 4.58. The first-order valence-corrected chi connectivity index (χ1v) is 17.5. The molecule has 2 bridgehead atoms. The van der Waals surface area contributed by atoms with E-state index in [-0.39, 0.29) is 24.7 Å². The second-order valence-electron chi connectivity index (χ2n) is 8.97. The fourth-order valence-corrected chi connectivity index (χ4v) is 9.45. The fraction of sp³-hybridized carbons (Fsp3) is 1.00. The Morgan fingerprint density at radius 2 is 1.43 bits per heavy atom. The molecular weight excluding hydrogens is 572 g/mol. The molecule has 3 aliphatic rings. The Morgan fingerprint density at radius 3 is 2.11 bits per heavy atom. The number of aliphatic hydroxyl groups is 6. The molecule has 6 N–H and O–H groups in total. The maximum atomic E-state index is 12.0. The Labute approximate surface area is 229 Å². The molecule has 0 aromatic heterocycles. The highest BCUT2D eigenvalue weighted by molar-refractivity contribution is 8.03. The molecule has 0 saturated carbocycles. The van der Waals surface area contributed by atoms with Gasteiger partial charge in [-0.25, -0.2) is 8.42 Å². The van der Waals surface area contributed by atoms with E-state index in [4.69, 9.17) is 24.1 Å². The second-order valence-corrected chi connectivity index (χ2v) is 14.9. The van der Waals surface area contributed by atoms with E-state index in [1.807, 2.05) is 0 Å². The number of thioether (sulfide) groups is 3. The van der Waals surface area contributed by atoms with Crippen LogP contribution in [0.15, 0.2) is 0 Å². The average molecular weight is 611 g/mol. The van der Waals surface area contributed by atoms with Gasteiger partial charge in [-0.2, -0.15) is 35.3 Å². The summed E-state index contributed by atoms with van der Waals surface area (Å²) in [5.41, 5.74) is 0. The van der Waals surface area contributed by atoms with Gasteiger partial charge in [-0.15, -0.1) is 0 Å². The molecule has 0 radical (unpaired) electrons. The molecule has 0 aromatic carbocycles. The summed E-state index contributed by atoms with van der Waals surface area (Å²) in [6, 6.07) is 0. The first-order valence-electron chi connectivity index (χ1n) is 12.2. The van der Waals surface area contributed by atoms with Crippen molar-refractivity contribution in [3.8, 4) is 0 Å². The van der Waals surface area contributed by atoms with Crippen LogP contribution in [-0.4, -0.2) is 160 Å². The van der Waals surface area contributed by atoms with Gasteiger partial charge in [0.05, 0.1) is 30.8 Å². The number of aliphatic hydroxyl groups excluding tert-OH is 6. The van der Waals surface area contributed by atoms with E-state index >= 15 is 0 Å². The third-order valence-corrected chi connectivity index (χ3v) is 11.7. The van der Waals surface area contributed by atoms with Crippen LogP contribution >= 0.6 is 35.3 Å². The van der Waals surface area contributed by atoms with E-state index in [0.717, 1.165) is 11.5 Å². The molecule has 3 aliphatic heterocycles. The molecule has 3 saturated heterocycles. The fourth-order valence-electron chi connectivity index (χ4n) is 4.19. The quantitative estimate of drug-likeness (QED) is 0.102. The van der Waals surface area contributed by atoms with Crippen LogP contribution in [0.1, 0.15) is 6.42 Å². The van der Waals surface area contributed by atoms with Gasteiger partial charge >= 0.3 is 0 Å². The van der Waals surface area contributed by atoms with Crippen molar-refractivity contribution < 1.29 is 58.0 Å². The standard InChI is InChI=1S/C21H38O12S4/c22-2-4-35-7-9-37(28,29)10-8-36-6-5-34-3-1-12-14(23)15(24)16(25)21(32-12)33-18-13-11-30-19(18)17(26)20(27)31-13/h12-27H,1-11H2/t12-,13-,14+,15+,16-,17-,18+,19-,20+,21+/m0/s1. The Morgan fingerprint density at radius 1 is 0.784 bits per heavy atom. The normalized spacial score (nSPS) is 38.2. The van der Waals surface area contributed by atoms with E-state index in [1.165, 1.54) is 11.8 Å². The molecule has 37 heavy (non-hydrogen) atoms. The van der Waals surface area contributed by atoms with Gasteiger partial charge in [-0.05, 0) is 12.2 Å². The first-order chi connectivity index (χ1) is 17.6. The molecule has 0 spiro atoms. The monoisotopic (exact) mass is 610 g/mol. The molecule has 3 rings (SSSR count). The summed E-state index contributed by atoms with van der Waals surface area (Å²) in [4.78, 5) is 0. The predicted molar refractivity (Wildman–Crippen MR) is 141 cm³/mol. The summed E-state index contributed by atoms with van der Waals surface area (Å²) in [5.74, 6) is 3.92. The summed E-state index contributed by atoms with van der Waals surface area (Å²) in [6.07, 6.45) is -11.1. The van der Waals surface area contributed by atoms with E-state index < -0.39 is 71.2 Å². The van der Waals surface area contributed by atoms with Crippen molar-refractivity contribution in [2.75, 3.05) is 59.2 Å². The van der Waals surface area contributed by atoms with Crippen molar-refractivity contribution in [2.24, 2.45) is 0 Å². The minimum absolute atomic E-state index is 0.0455. The summed E-state index contributed by atoms with van der Waals surface area (Å²) in [7, 11) is -3.09. The molecule has 3 fully saturated rings. The van der Waals surface area contributed by atoms with Gasteiger partial charge < -0.3 is 49.6 Å². The largest absolute Gasteiger partial charge is 0.396 e. The molecule has 0 amide bonds. The van der Waals surface area contributed by atoms with Gasteiger partial charge in [0.15, 0.2) is 22.4 Å². The molecule has 0 unspecified atom stereocenters. The smallest absolute Gasteiger partial charge is 0.187 e. The van der Waals surface area contributed by atoms with Gasteiger partial charge in [-0.1, -0.05) is 0 Å². The Balaban J connectivity index is 1.33. The molecule has 0 aromatic rings. The lowest BCUT2D eigenvalue weighted by atomic mass is 9.96. The van der Waals surface area contributed by atoms with Crippen molar-refractivity contribution in [3.63, 3.8) is 0 Å². The SMILES string of the molecule is O=S(=O)(CCSCCO)CCSCCSCC[C@@H]1O[C@H](O[C@H]2[C@H]3OC[C@@H]2O[C@@H](O)[C@H]3O)[C@@H](O)[C@H](O)[C@@H]1O. The highest BCUT2D eigenvalue weighted by Crippen LogP contribution is 2.34. The van der Waals surface area contributed by atoms with Crippen LogP contribution in [0.2, 0.25) is 0 Å². The van der Waals surface area contributed by atoms with Gasteiger partial charge in [0.25, 0.3) is 0 Å². The number of sulfone groups is 1. The van der Waals surface area contributed by atoms with Crippen LogP contribution in [0.4, 0.5) is 0 Å². The minimum Gasteiger partial charge on any atom is -0.396 e. The summed E-state index contributed by atoms with van der Waals surface area (Å²) in [6.45, 7) is 0.134. The Bertz CT molecular complexity index is 777. The zero-order chi connectivity index (χ0) is 27.0. The maximum Gasteiger partial charge on any atom is 0.187 e. The lowest BCUT2D eigenvalue weighted by Crippen LogP contribution is -2.61. The van der Waals surface area contributed by atoms with E-state index in [2.05, 4.69) is 0 Å². The van der Waals surface area contributed by atoms with Crippen molar-refractivity contribution in [2.45, 2.75) is 67.8 Å². The molecule has 16 heteroatoms. The molecule has 0 aliphatic carbocycles. The van der Waals surface area contributed by atoms with Crippen LogP contribution in [0.3, 0.4) is 0 Å². The van der Waals surface area contributed by atoms with Gasteiger partial charge in [0.2, 0.25) is 0 Å². The number of hydrogen-bond acceptors (Lipinski definition) is 15. The zero-order valence-corrected chi connectivity index (χ0v) is 23.6. The summed E-state index contributed by atoms with van der Waals surface area (Å²) in [5, 5.41) is 59.6. The van der Waals surface area contributed by atoms with Crippen LogP contribution in [0.25, 0.3) is 0 Å². The molecule has 3 heterocycles. The third kappa shape index (κ3) is 9.31. The second kappa shape index (κ2) is 15.6. The minimum atomic E-state index is -3.09. The van der Waals surface area contributed by atoms with E-state index in [9.17, 15) is 34.0 Å². The molecule has 10 atom stereocenters. The first kappa shape index (κ1) is 32.1. The van der Waals surface area contributed by atoms with E-state index in [0.29, 0.717) is 29.4 Å². The zero-order valence-electron chi connectivity index (χ0n) is 20.3. The molecular formula is C21H38O12S4. The van der Waals surface area contributed by atoms with Crippen LogP contribution in [0.5, 0.6) is 0 Å². The molecule has 12 nitrogen and oxygen atoms in total. The number of fused-ring (bicyclic) bond motifs is 2. The van der Waals surface area contributed by atoms with Crippen molar-refractivity contribution in [3.05, 3.63) is 0 Å². The van der Waals surface area contributed by atoms with Crippen molar-refractivity contribution >= 4 is 45.1 Å². The van der Waals surface area contributed by atoms with Crippen molar-refractivity contribution in [1.29, 1.82) is 0 Å². The Hall–Kier alpha value is 0.600. The topological polar surface area (TPSA) is 192 Å². The Kier molecular flexibility index (Phi) is 13.5. The van der Waals surface area contributed by atoms with Gasteiger partial charge in [0, 0.05) is 28.8 Å². The van der Waals surface area contributed by atoms with Crippen LogP contribution in [0, 0.1) is 0 Å². The number of rotatable bonds is 16. The number of hydrogen-bond donors (Lipinski definition) is 6. The van der Waals surface area contributed by atoms with Crippen molar-refractivity contribution in [1.82, 2.24) is 0 Å². The average Bonchev–Trinajstić information content (AvgIpc) is 3.18. The van der Waals surface area contributed by atoms with Gasteiger partial charge in [0.1, 0.15) is 42.7 Å². The maximum absolute atomic E-state index is 12.0. The lowest BCUT2D eigenvalue weighted by molar-refractivity contribution is -0.334. The van der Waals surface area contributed by atoms with Gasteiger partial charge in [-0.3, -0.25) is 0 Å². The van der Waals surface area contributed by atoms with Crippen LogP contribution < -0.4 is 0 Å². The van der Waals surface area contributed by atoms with Crippen LogP contribution in [-0.2, 0) is 28.8 Å². The predicted octanol–water partition coefficient (Wildman–Crippen LogP) is -2.35. The number of ether oxygens (including phenoxy) is 4. The highest BCUT2D eigenvalue weighted by Gasteiger charge is 2.54. The molecule has 218 valence electrons. The summed E-state index contributed by atoms with van der Waals surface area (Å²) < 4.78 is 46.2.